The van der Waals surface area contributed by atoms with Gasteiger partial charge in [-0.3, -0.25) is 4.79 Å². The fourth-order valence-electron chi connectivity index (χ4n) is 1.51. The summed E-state index contributed by atoms with van der Waals surface area (Å²) < 4.78 is 10.3. The Hall–Kier alpha value is -2.22. The summed E-state index contributed by atoms with van der Waals surface area (Å²) in [4.78, 5) is 11.8. The molecule has 0 aliphatic carbocycles. The lowest BCUT2D eigenvalue weighted by Gasteiger charge is -2.10. The van der Waals surface area contributed by atoms with Gasteiger partial charge in [-0.2, -0.15) is 10.3 Å². The lowest BCUT2D eigenvalue weighted by molar-refractivity contribution is -0.113. The molecule has 1 heterocycles. The molecular weight excluding hydrogens is 280 g/mol. The number of H-pyrrole nitrogens is 1. The van der Waals surface area contributed by atoms with Crippen LogP contribution in [0.4, 0.5) is 5.69 Å². The minimum Gasteiger partial charge on any atom is -0.493 e. The zero-order chi connectivity index (χ0) is 14.4. The van der Waals surface area contributed by atoms with Gasteiger partial charge in [0.15, 0.2) is 11.5 Å². The predicted octanol–water partition coefficient (Wildman–Crippen LogP) is 1.55. The third-order valence-corrected chi connectivity index (χ3v) is 3.31. The zero-order valence-corrected chi connectivity index (χ0v) is 11.9. The summed E-state index contributed by atoms with van der Waals surface area (Å²) in [5, 5.41) is 13.5. The van der Waals surface area contributed by atoms with Crippen LogP contribution in [0, 0.1) is 0 Å². The molecule has 1 amide bonds. The van der Waals surface area contributed by atoms with E-state index in [0.29, 0.717) is 22.2 Å². The first kappa shape index (κ1) is 14.2. The number of nitrogens with zero attached hydrogens (tertiary/aromatic N) is 2. The maximum atomic E-state index is 11.8. The van der Waals surface area contributed by atoms with Crippen LogP contribution in [-0.4, -0.2) is 41.3 Å². The lowest BCUT2D eigenvalue weighted by Crippen LogP contribution is -2.14. The Kier molecular flexibility index (Phi) is 4.83. The van der Waals surface area contributed by atoms with Crippen LogP contribution in [0.5, 0.6) is 11.5 Å². The Morgan fingerprint density at radius 3 is 2.80 bits per heavy atom. The van der Waals surface area contributed by atoms with Gasteiger partial charge in [0.25, 0.3) is 0 Å². The maximum Gasteiger partial charge on any atom is 0.234 e. The van der Waals surface area contributed by atoms with Gasteiger partial charge in [0, 0.05) is 11.8 Å². The Morgan fingerprint density at radius 2 is 2.15 bits per heavy atom. The first-order chi connectivity index (χ1) is 9.72. The average Bonchev–Trinajstić information content (AvgIpc) is 2.98. The average molecular weight is 294 g/mol. The Labute approximate surface area is 120 Å². The molecule has 0 bridgehead atoms. The molecule has 0 atom stereocenters. The minimum absolute atomic E-state index is 0.134. The van der Waals surface area contributed by atoms with Gasteiger partial charge in [0.05, 0.1) is 26.2 Å². The molecule has 0 aliphatic heterocycles. The van der Waals surface area contributed by atoms with E-state index in [0.717, 1.165) is 0 Å². The highest BCUT2D eigenvalue weighted by Crippen LogP contribution is 2.29. The number of aromatic amines is 1. The van der Waals surface area contributed by atoms with E-state index in [-0.39, 0.29) is 11.7 Å². The molecule has 2 N–H and O–H groups in total. The molecule has 20 heavy (non-hydrogen) atoms. The number of benzene rings is 1. The number of anilines is 1. The van der Waals surface area contributed by atoms with E-state index in [4.69, 9.17) is 9.47 Å². The van der Waals surface area contributed by atoms with Crippen LogP contribution in [0.1, 0.15) is 0 Å². The van der Waals surface area contributed by atoms with Gasteiger partial charge >= 0.3 is 0 Å². The monoisotopic (exact) mass is 294 g/mol. The summed E-state index contributed by atoms with van der Waals surface area (Å²) in [6, 6.07) is 5.19. The van der Waals surface area contributed by atoms with Crippen LogP contribution in [0.25, 0.3) is 0 Å². The van der Waals surface area contributed by atoms with Crippen molar-refractivity contribution in [3.63, 3.8) is 0 Å². The number of carbonyl (C=O) groups is 1. The second-order valence-electron chi connectivity index (χ2n) is 3.71. The molecule has 2 rings (SSSR count). The van der Waals surface area contributed by atoms with E-state index in [1.165, 1.54) is 11.8 Å². The summed E-state index contributed by atoms with van der Waals surface area (Å²) >= 11 is 1.30. The Morgan fingerprint density at radius 1 is 1.35 bits per heavy atom. The van der Waals surface area contributed by atoms with Crippen molar-refractivity contribution in [1.29, 1.82) is 0 Å². The van der Waals surface area contributed by atoms with E-state index < -0.39 is 0 Å². The van der Waals surface area contributed by atoms with Crippen molar-refractivity contribution in [3.05, 3.63) is 24.4 Å². The number of aromatic nitrogens is 3. The molecule has 1 aromatic heterocycles. The van der Waals surface area contributed by atoms with Crippen molar-refractivity contribution in [3.8, 4) is 11.5 Å². The SMILES string of the molecule is COc1ccc(NC(=O)CSc2cn[nH]n2)cc1OC. The van der Waals surface area contributed by atoms with Crippen molar-refractivity contribution < 1.29 is 14.3 Å². The summed E-state index contributed by atoms with van der Waals surface area (Å²) in [6.45, 7) is 0. The number of hydrogen-bond acceptors (Lipinski definition) is 6. The first-order valence-corrected chi connectivity index (χ1v) is 6.72. The maximum absolute atomic E-state index is 11.8. The van der Waals surface area contributed by atoms with Crippen LogP contribution in [0.15, 0.2) is 29.4 Å². The summed E-state index contributed by atoms with van der Waals surface area (Å²) in [7, 11) is 3.11. The normalized spacial score (nSPS) is 10.1. The number of thioether (sulfide) groups is 1. The molecule has 0 unspecified atom stereocenters. The van der Waals surface area contributed by atoms with Crippen LogP contribution in [0.2, 0.25) is 0 Å². The molecule has 0 aliphatic rings. The molecule has 8 heteroatoms. The molecule has 7 nitrogen and oxygen atoms in total. The van der Waals surface area contributed by atoms with Gasteiger partial charge < -0.3 is 14.8 Å². The van der Waals surface area contributed by atoms with Crippen LogP contribution in [0.3, 0.4) is 0 Å². The number of nitrogens with one attached hydrogen (secondary N) is 2. The molecule has 0 saturated carbocycles. The highest BCUT2D eigenvalue weighted by Gasteiger charge is 2.08. The molecule has 0 spiro atoms. The standard InChI is InChI=1S/C12H14N4O3S/c1-18-9-4-3-8(5-10(9)19-2)14-11(17)7-20-12-6-13-16-15-12/h3-6H,7H2,1-2H3,(H,14,17)(H,13,15,16). The van der Waals surface area contributed by atoms with Crippen LogP contribution >= 0.6 is 11.8 Å². The van der Waals surface area contributed by atoms with Crippen LogP contribution in [-0.2, 0) is 4.79 Å². The number of amides is 1. The van der Waals surface area contributed by atoms with Crippen molar-refractivity contribution in [2.45, 2.75) is 5.03 Å². The summed E-state index contributed by atoms with van der Waals surface area (Å²) in [5.41, 5.74) is 0.647. The van der Waals surface area contributed by atoms with Gasteiger partial charge in [-0.25, -0.2) is 0 Å². The van der Waals surface area contributed by atoms with Gasteiger partial charge in [-0.15, -0.1) is 5.10 Å². The fraction of sp³-hybridized carbons (Fsp3) is 0.250. The number of ether oxygens (including phenoxy) is 2. The lowest BCUT2D eigenvalue weighted by atomic mass is 10.2. The smallest absolute Gasteiger partial charge is 0.234 e. The van der Waals surface area contributed by atoms with Crippen molar-refractivity contribution in [1.82, 2.24) is 15.4 Å². The van der Waals surface area contributed by atoms with Gasteiger partial charge in [0.2, 0.25) is 5.91 Å². The summed E-state index contributed by atoms with van der Waals surface area (Å²) in [6.07, 6.45) is 1.56. The van der Waals surface area contributed by atoms with Gasteiger partial charge in [0.1, 0.15) is 5.03 Å². The molecule has 0 saturated heterocycles. The number of rotatable bonds is 6. The number of methoxy groups -OCH3 is 2. The van der Waals surface area contributed by atoms with Gasteiger partial charge in [-0.1, -0.05) is 11.8 Å². The topological polar surface area (TPSA) is 89.1 Å². The number of carbonyl (C=O) groups excluding carboxylic acids is 1. The quantitative estimate of drug-likeness (QED) is 0.786. The van der Waals surface area contributed by atoms with E-state index in [2.05, 4.69) is 20.7 Å². The van der Waals surface area contributed by atoms with E-state index >= 15 is 0 Å². The predicted molar refractivity (Wildman–Crippen MR) is 75.3 cm³/mol. The van der Waals surface area contributed by atoms with E-state index in [1.54, 1.807) is 38.6 Å². The minimum atomic E-state index is -0.134. The molecular formula is C12H14N4O3S. The van der Waals surface area contributed by atoms with E-state index in [1.807, 2.05) is 0 Å². The second-order valence-corrected chi connectivity index (χ2v) is 4.71. The van der Waals surface area contributed by atoms with Crippen LogP contribution < -0.4 is 14.8 Å². The molecule has 2 aromatic rings. The highest BCUT2D eigenvalue weighted by atomic mass is 32.2. The molecule has 0 radical (unpaired) electrons. The first-order valence-electron chi connectivity index (χ1n) is 5.73. The van der Waals surface area contributed by atoms with Crippen molar-refractivity contribution in [2.24, 2.45) is 0 Å². The molecule has 1 aromatic carbocycles. The second kappa shape index (κ2) is 6.80. The van der Waals surface area contributed by atoms with E-state index in [9.17, 15) is 4.79 Å². The Balaban J connectivity index is 1.93. The molecule has 0 fully saturated rings. The fourth-order valence-corrected chi connectivity index (χ4v) is 2.09. The Bertz CT molecular complexity index is 574. The zero-order valence-electron chi connectivity index (χ0n) is 11.0. The van der Waals surface area contributed by atoms with Gasteiger partial charge in [-0.05, 0) is 12.1 Å². The highest BCUT2D eigenvalue weighted by molar-refractivity contribution is 7.99. The van der Waals surface area contributed by atoms with Crippen molar-refractivity contribution >= 4 is 23.4 Å². The third kappa shape index (κ3) is 3.64. The van der Waals surface area contributed by atoms with Crippen molar-refractivity contribution in [2.75, 3.05) is 25.3 Å². The molecule has 106 valence electrons. The number of hydrogen-bond donors (Lipinski definition) is 2. The third-order valence-electron chi connectivity index (χ3n) is 2.41. The largest absolute Gasteiger partial charge is 0.493 e. The summed E-state index contributed by atoms with van der Waals surface area (Å²) in [5.74, 6) is 1.29.